The van der Waals surface area contributed by atoms with Crippen molar-refractivity contribution in [3.63, 3.8) is 0 Å². The first-order valence-corrected chi connectivity index (χ1v) is 8.51. The molecule has 0 spiro atoms. The maximum absolute atomic E-state index is 12.7. The van der Waals surface area contributed by atoms with Gasteiger partial charge in [-0.3, -0.25) is 9.69 Å². The van der Waals surface area contributed by atoms with Crippen LogP contribution in [0.1, 0.15) is 37.6 Å². The molecule has 0 aliphatic carbocycles. The van der Waals surface area contributed by atoms with E-state index in [4.69, 9.17) is 17.3 Å². The van der Waals surface area contributed by atoms with Crippen molar-refractivity contribution >= 4 is 29.2 Å². The van der Waals surface area contributed by atoms with Gasteiger partial charge in [0.1, 0.15) is 0 Å². The zero-order valence-electron chi connectivity index (χ0n) is 14.4. The highest BCUT2D eigenvalue weighted by Crippen LogP contribution is 2.25. The first kappa shape index (κ1) is 18.5. The summed E-state index contributed by atoms with van der Waals surface area (Å²) in [4.78, 5) is 26.1. The number of urea groups is 1. The van der Waals surface area contributed by atoms with Crippen molar-refractivity contribution in [2.24, 2.45) is 11.7 Å². The Balaban J connectivity index is 2.24. The molecule has 1 aliphatic heterocycles. The second-order valence-electron chi connectivity index (χ2n) is 6.86. The van der Waals surface area contributed by atoms with E-state index in [-0.39, 0.29) is 11.9 Å². The van der Waals surface area contributed by atoms with E-state index >= 15 is 0 Å². The Kier molecular flexibility index (Phi) is 5.72. The number of benzene rings is 1. The van der Waals surface area contributed by atoms with E-state index in [1.807, 2.05) is 6.92 Å². The molecule has 2 rings (SSSR count). The molecule has 4 N–H and O–H groups in total. The molecule has 1 aliphatic rings. The lowest BCUT2D eigenvalue weighted by Gasteiger charge is -2.31. The number of anilines is 1. The molecule has 6 nitrogen and oxygen atoms in total. The van der Waals surface area contributed by atoms with Gasteiger partial charge in [0.25, 0.3) is 5.91 Å². The van der Waals surface area contributed by atoms with E-state index < -0.39 is 5.54 Å². The van der Waals surface area contributed by atoms with E-state index in [1.165, 1.54) is 0 Å². The van der Waals surface area contributed by atoms with Gasteiger partial charge in [0, 0.05) is 30.9 Å². The number of hydrogen-bond donors (Lipinski definition) is 3. The van der Waals surface area contributed by atoms with Crippen molar-refractivity contribution in [1.82, 2.24) is 10.6 Å². The van der Waals surface area contributed by atoms with Gasteiger partial charge in [0.2, 0.25) is 0 Å². The van der Waals surface area contributed by atoms with Crippen LogP contribution in [0.25, 0.3) is 0 Å². The number of carbonyl (C=O) groups excluding carboxylic acids is 2. The van der Waals surface area contributed by atoms with Crippen LogP contribution in [0.2, 0.25) is 5.02 Å². The first-order valence-electron chi connectivity index (χ1n) is 8.13. The number of nitrogens with two attached hydrogens (primary N) is 1. The highest BCUT2D eigenvalue weighted by molar-refractivity contribution is 6.34. The van der Waals surface area contributed by atoms with Gasteiger partial charge in [-0.15, -0.1) is 0 Å². The van der Waals surface area contributed by atoms with Crippen LogP contribution in [0.15, 0.2) is 18.2 Å². The Morgan fingerprint density at radius 2 is 2.21 bits per heavy atom. The lowest BCUT2D eigenvalue weighted by Crippen LogP contribution is -2.52. The summed E-state index contributed by atoms with van der Waals surface area (Å²) in [5.74, 6) is 0.115. The standard InChI is InChI=1S/C17H25ClN4O2/c1-11(2)9-17(3,10-19)21-15(23)13-8-12(4-5-14(13)18)22-7-6-20-16(22)24/h4-5,8,11H,6-7,9-10,19H2,1-3H3,(H,20,24)(H,21,23). The summed E-state index contributed by atoms with van der Waals surface area (Å²) in [6.07, 6.45) is 0.765. The van der Waals surface area contributed by atoms with Crippen molar-refractivity contribution in [3.8, 4) is 0 Å². The fraction of sp³-hybridized carbons (Fsp3) is 0.529. The van der Waals surface area contributed by atoms with Gasteiger partial charge in [-0.1, -0.05) is 25.4 Å². The van der Waals surface area contributed by atoms with Gasteiger partial charge in [-0.05, 0) is 37.5 Å². The van der Waals surface area contributed by atoms with Crippen molar-refractivity contribution in [2.75, 3.05) is 24.5 Å². The third-order valence-corrected chi connectivity index (χ3v) is 4.42. The van der Waals surface area contributed by atoms with Crippen LogP contribution < -0.4 is 21.3 Å². The summed E-state index contributed by atoms with van der Waals surface area (Å²) in [7, 11) is 0. The Bertz CT molecular complexity index is 635. The van der Waals surface area contributed by atoms with Gasteiger partial charge in [0.15, 0.2) is 0 Å². The van der Waals surface area contributed by atoms with E-state index in [0.29, 0.717) is 41.8 Å². The number of halogens is 1. The normalized spacial score (nSPS) is 16.9. The minimum absolute atomic E-state index is 0.171. The lowest BCUT2D eigenvalue weighted by molar-refractivity contribution is 0.0898. The Hall–Kier alpha value is -1.79. The first-order chi connectivity index (χ1) is 11.3. The summed E-state index contributed by atoms with van der Waals surface area (Å²) in [5.41, 5.74) is 6.35. The SMILES string of the molecule is CC(C)CC(C)(CN)NC(=O)c1cc(N2CCNC2=O)ccc1Cl. The Morgan fingerprint density at radius 1 is 1.50 bits per heavy atom. The fourth-order valence-corrected chi connectivity index (χ4v) is 3.20. The topological polar surface area (TPSA) is 87.5 Å². The summed E-state index contributed by atoms with van der Waals surface area (Å²) >= 11 is 6.20. The highest BCUT2D eigenvalue weighted by Gasteiger charge is 2.28. The molecule has 0 saturated carbocycles. The monoisotopic (exact) mass is 352 g/mol. The average Bonchev–Trinajstić information content (AvgIpc) is 2.93. The molecule has 24 heavy (non-hydrogen) atoms. The molecule has 1 aromatic carbocycles. The lowest BCUT2D eigenvalue weighted by atomic mass is 9.90. The largest absolute Gasteiger partial charge is 0.346 e. The van der Waals surface area contributed by atoms with Crippen molar-refractivity contribution in [2.45, 2.75) is 32.7 Å². The molecule has 132 valence electrons. The van der Waals surface area contributed by atoms with Gasteiger partial charge in [-0.25, -0.2) is 4.79 Å². The molecule has 7 heteroatoms. The third-order valence-electron chi connectivity index (χ3n) is 4.09. The summed E-state index contributed by atoms with van der Waals surface area (Å²) < 4.78 is 0. The molecule has 1 aromatic rings. The van der Waals surface area contributed by atoms with Crippen LogP contribution in [-0.4, -0.2) is 37.1 Å². The molecule has 1 atom stereocenters. The zero-order valence-corrected chi connectivity index (χ0v) is 15.1. The van der Waals surface area contributed by atoms with E-state index in [0.717, 1.165) is 6.42 Å². The highest BCUT2D eigenvalue weighted by atomic mass is 35.5. The van der Waals surface area contributed by atoms with Gasteiger partial charge < -0.3 is 16.4 Å². The predicted octanol–water partition coefficient (Wildman–Crippen LogP) is 2.36. The smallest absolute Gasteiger partial charge is 0.321 e. The van der Waals surface area contributed by atoms with Gasteiger partial charge >= 0.3 is 6.03 Å². The second-order valence-corrected chi connectivity index (χ2v) is 7.27. The quantitative estimate of drug-likeness (QED) is 0.734. The summed E-state index contributed by atoms with van der Waals surface area (Å²) in [5, 5.41) is 6.08. The molecule has 1 heterocycles. The van der Waals surface area contributed by atoms with Crippen molar-refractivity contribution in [1.29, 1.82) is 0 Å². The van der Waals surface area contributed by atoms with Crippen LogP contribution in [0.4, 0.5) is 10.5 Å². The molecule has 1 unspecified atom stereocenters. The molecule has 0 aromatic heterocycles. The average molecular weight is 353 g/mol. The number of rotatable bonds is 6. The number of nitrogens with zero attached hydrogens (tertiary/aromatic N) is 1. The molecular formula is C17H25ClN4O2. The minimum atomic E-state index is -0.504. The third kappa shape index (κ3) is 4.19. The molecule has 0 radical (unpaired) electrons. The van der Waals surface area contributed by atoms with E-state index in [9.17, 15) is 9.59 Å². The van der Waals surface area contributed by atoms with E-state index in [1.54, 1.807) is 23.1 Å². The van der Waals surface area contributed by atoms with Crippen LogP contribution >= 0.6 is 11.6 Å². The van der Waals surface area contributed by atoms with Gasteiger partial charge in [-0.2, -0.15) is 0 Å². The second kappa shape index (κ2) is 7.40. The Morgan fingerprint density at radius 3 is 2.75 bits per heavy atom. The summed E-state index contributed by atoms with van der Waals surface area (Å²) in [6.45, 7) is 7.58. The molecule has 3 amide bonds. The molecular weight excluding hydrogens is 328 g/mol. The number of hydrogen-bond acceptors (Lipinski definition) is 3. The van der Waals surface area contributed by atoms with Crippen LogP contribution in [0.5, 0.6) is 0 Å². The van der Waals surface area contributed by atoms with Crippen LogP contribution in [0, 0.1) is 5.92 Å². The van der Waals surface area contributed by atoms with Gasteiger partial charge in [0.05, 0.1) is 10.6 Å². The van der Waals surface area contributed by atoms with Crippen molar-refractivity contribution < 1.29 is 9.59 Å². The maximum Gasteiger partial charge on any atom is 0.321 e. The maximum atomic E-state index is 12.7. The van der Waals surface area contributed by atoms with Crippen LogP contribution in [0.3, 0.4) is 0 Å². The number of carbonyl (C=O) groups is 2. The zero-order chi connectivity index (χ0) is 17.9. The number of nitrogens with one attached hydrogen (secondary N) is 2. The van der Waals surface area contributed by atoms with E-state index in [2.05, 4.69) is 24.5 Å². The van der Waals surface area contributed by atoms with Crippen LogP contribution in [-0.2, 0) is 0 Å². The number of amides is 3. The minimum Gasteiger partial charge on any atom is -0.346 e. The van der Waals surface area contributed by atoms with Crippen molar-refractivity contribution in [3.05, 3.63) is 28.8 Å². The molecule has 1 saturated heterocycles. The molecule has 0 bridgehead atoms. The fourth-order valence-electron chi connectivity index (χ4n) is 3.00. The molecule has 1 fully saturated rings. The predicted molar refractivity (Wildman–Crippen MR) is 96.6 cm³/mol. The Labute approximate surface area is 147 Å². The summed E-state index contributed by atoms with van der Waals surface area (Å²) in [6, 6.07) is 4.85.